The van der Waals surface area contributed by atoms with Crippen LogP contribution in [0, 0.1) is 5.92 Å². The molecule has 2 amide bonds. The monoisotopic (exact) mass is 452 g/mol. The first-order chi connectivity index (χ1) is 16.0. The molecule has 2 fully saturated rings. The second-order valence-corrected chi connectivity index (χ2v) is 8.83. The van der Waals surface area contributed by atoms with Gasteiger partial charge in [0.05, 0.1) is 12.0 Å². The van der Waals surface area contributed by atoms with Gasteiger partial charge in [0.15, 0.2) is 0 Å². The number of amides is 2. The van der Waals surface area contributed by atoms with Crippen LogP contribution in [0.25, 0.3) is 16.7 Å². The predicted molar refractivity (Wildman–Crippen MR) is 122 cm³/mol. The van der Waals surface area contributed by atoms with Crippen LogP contribution in [0.4, 0.5) is 0 Å². The highest BCUT2D eigenvalue weighted by molar-refractivity contribution is 5.98. The minimum absolute atomic E-state index is 0.0438. The topological polar surface area (TPSA) is 115 Å². The van der Waals surface area contributed by atoms with Gasteiger partial charge in [0.2, 0.25) is 5.91 Å². The molecule has 0 bridgehead atoms. The Morgan fingerprint density at radius 2 is 1.97 bits per heavy atom. The van der Waals surface area contributed by atoms with E-state index in [9.17, 15) is 14.4 Å². The Hall–Kier alpha value is -3.24. The molecule has 0 aromatic carbocycles. The Kier molecular flexibility index (Phi) is 5.63. The number of piperidine rings is 1. The third-order valence-corrected chi connectivity index (χ3v) is 6.91. The van der Waals surface area contributed by atoms with Crippen LogP contribution in [-0.2, 0) is 16.1 Å². The number of methoxy groups -OCH3 is 1. The lowest BCUT2D eigenvalue weighted by Gasteiger charge is -2.47. The van der Waals surface area contributed by atoms with Crippen LogP contribution in [-0.4, -0.2) is 81.5 Å². The number of nitrogens with zero attached hydrogens (tertiary/aromatic N) is 5. The molecule has 0 unspecified atom stereocenters. The van der Waals surface area contributed by atoms with Crippen molar-refractivity contribution in [1.82, 2.24) is 23.8 Å². The molecule has 10 heteroatoms. The largest absolute Gasteiger partial charge is 0.383 e. The van der Waals surface area contributed by atoms with E-state index in [1.165, 1.54) is 4.40 Å². The summed E-state index contributed by atoms with van der Waals surface area (Å²) < 4.78 is 8.53. The van der Waals surface area contributed by atoms with Crippen molar-refractivity contribution >= 4 is 28.5 Å². The van der Waals surface area contributed by atoms with Gasteiger partial charge in [-0.2, -0.15) is 0 Å². The zero-order valence-corrected chi connectivity index (χ0v) is 18.6. The molecule has 0 saturated carbocycles. The van der Waals surface area contributed by atoms with Gasteiger partial charge in [0, 0.05) is 44.9 Å². The molecule has 0 atom stereocenters. The van der Waals surface area contributed by atoms with Crippen LogP contribution in [0.15, 0.2) is 35.3 Å². The van der Waals surface area contributed by atoms with Crippen molar-refractivity contribution in [3.8, 4) is 0 Å². The van der Waals surface area contributed by atoms with Gasteiger partial charge in [-0.3, -0.25) is 23.7 Å². The highest BCUT2D eigenvalue weighted by atomic mass is 16.5. The normalized spacial score (nSPS) is 18.2. The molecule has 0 aliphatic carbocycles. The molecule has 2 aliphatic heterocycles. The molecule has 2 aliphatic rings. The fourth-order valence-electron chi connectivity index (χ4n) is 4.90. The number of likely N-dealkylation sites (tertiary alicyclic amines) is 2. The zero-order chi connectivity index (χ0) is 23.1. The van der Waals surface area contributed by atoms with Crippen molar-refractivity contribution < 1.29 is 14.3 Å². The fraction of sp³-hybridized carbons (Fsp3) is 0.478. The van der Waals surface area contributed by atoms with Crippen molar-refractivity contribution in [3.63, 3.8) is 0 Å². The van der Waals surface area contributed by atoms with Gasteiger partial charge in [0.25, 0.3) is 11.5 Å². The number of carbonyl (C=O) groups is 2. The molecule has 174 valence electrons. The lowest BCUT2D eigenvalue weighted by molar-refractivity contribution is -0.123. The predicted octanol–water partition coefficient (Wildman–Crippen LogP) is 0.317. The number of rotatable bonds is 6. The van der Waals surface area contributed by atoms with Crippen LogP contribution in [0.3, 0.4) is 0 Å². The summed E-state index contributed by atoms with van der Waals surface area (Å²) in [6.07, 6.45) is 3.22. The van der Waals surface area contributed by atoms with E-state index in [0.29, 0.717) is 48.6 Å². The Balaban J connectivity index is 1.38. The Morgan fingerprint density at radius 3 is 2.67 bits per heavy atom. The third kappa shape index (κ3) is 3.79. The number of primary amides is 1. The fourth-order valence-corrected chi connectivity index (χ4v) is 4.90. The van der Waals surface area contributed by atoms with Crippen molar-refractivity contribution in [2.24, 2.45) is 11.7 Å². The first-order valence-corrected chi connectivity index (χ1v) is 11.3. The summed E-state index contributed by atoms with van der Waals surface area (Å²) in [5, 5.41) is 0.420. The zero-order valence-electron chi connectivity index (χ0n) is 18.6. The van der Waals surface area contributed by atoms with E-state index in [0.717, 1.165) is 25.9 Å². The van der Waals surface area contributed by atoms with Gasteiger partial charge in [-0.1, -0.05) is 6.07 Å². The Labute approximate surface area is 190 Å². The van der Waals surface area contributed by atoms with Crippen LogP contribution in [0.5, 0.6) is 0 Å². The second-order valence-electron chi connectivity index (χ2n) is 8.83. The van der Waals surface area contributed by atoms with Crippen LogP contribution in [0.2, 0.25) is 0 Å². The number of hydrogen-bond donors (Lipinski definition) is 1. The molecular formula is C23H28N6O4. The van der Waals surface area contributed by atoms with Gasteiger partial charge in [-0.25, -0.2) is 4.98 Å². The Morgan fingerprint density at radius 1 is 1.21 bits per heavy atom. The maximum Gasteiger partial charge on any atom is 0.270 e. The summed E-state index contributed by atoms with van der Waals surface area (Å²) in [5.74, 6) is -0.375. The minimum Gasteiger partial charge on any atom is -0.383 e. The number of aromatic nitrogens is 3. The average Bonchev–Trinajstić information content (AvgIpc) is 3.15. The summed E-state index contributed by atoms with van der Waals surface area (Å²) in [6.45, 7) is 3.72. The number of pyridine rings is 1. The minimum atomic E-state index is -0.221. The van der Waals surface area contributed by atoms with Crippen LogP contribution >= 0.6 is 0 Å². The van der Waals surface area contributed by atoms with Crippen molar-refractivity contribution in [1.29, 1.82) is 0 Å². The number of nitrogens with two attached hydrogens (primary N) is 1. The van der Waals surface area contributed by atoms with E-state index in [-0.39, 0.29) is 29.3 Å². The summed E-state index contributed by atoms with van der Waals surface area (Å²) >= 11 is 0. The maximum atomic E-state index is 13.4. The van der Waals surface area contributed by atoms with Crippen LogP contribution < -0.4 is 11.3 Å². The maximum absolute atomic E-state index is 13.4. The van der Waals surface area contributed by atoms with Gasteiger partial charge in [-0.15, -0.1) is 0 Å². The lowest BCUT2D eigenvalue weighted by atomic mass is 9.93. The molecule has 5 rings (SSSR count). The van der Waals surface area contributed by atoms with E-state index in [1.54, 1.807) is 41.0 Å². The number of hydrogen-bond acceptors (Lipinski definition) is 6. The highest BCUT2D eigenvalue weighted by Crippen LogP contribution is 2.26. The molecule has 33 heavy (non-hydrogen) atoms. The lowest BCUT2D eigenvalue weighted by Crippen LogP contribution is -2.62. The SMILES string of the molecule is COCCn1c(C(=O)N2CC(N3CCC(C(N)=O)CC3)C2)cc2c(=O)n3ccccc3nc21. The molecule has 3 aromatic rings. The molecule has 0 spiro atoms. The summed E-state index contributed by atoms with van der Waals surface area (Å²) in [6, 6.07) is 7.33. The van der Waals surface area contributed by atoms with Crippen molar-refractivity contribution in [2.45, 2.75) is 25.4 Å². The number of carbonyl (C=O) groups excluding carboxylic acids is 2. The average molecular weight is 453 g/mol. The number of fused-ring (bicyclic) bond motifs is 2. The van der Waals surface area contributed by atoms with Crippen molar-refractivity contribution in [2.75, 3.05) is 39.9 Å². The number of ether oxygens (including phenoxy) is 1. The molecule has 5 heterocycles. The van der Waals surface area contributed by atoms with Gasteiger partial charge in [0.1, 0.15) is 17.0 Å². The first-order valence-electron chi connectivity index (χ1n) is 11.3. The summed E-state index contributed by atoms with van der Waals surface area (Å²) in [5.41, 5.74) is 6.73. The second kappa shape index (κ2) is 8.60. The van der Waals surface area contributed by atoms with E-state index in [2.05, 4.69) is 9.88 Å². The first kappa shape index (κ1) is 21.6. The summed E-state index contributed by atoms with van der Waals surface area (Å²) in [7, 11) is 1.60. The van der Waals surface area contributed by atoms with E-state index < -0.39 is 0 Å². The molecule has 2 saturated heterocycles. The smallest absolute Gasteiger partial charge is 0.270 e. The standard InChI is InChI=1S/C23H28N6O4/c1-33-11-10-28-18(12-17-21(28)25-19-4-2-3-7-29(19)22(17)31)23(32)27-13-16(14-27)26-8-5-15(6-9-26)20(24)30/h2-4,7,12,15-16H,5-6,8-11,13-14H2,1H3,(H2,24,30). The molecular weight excluding hydrogens is 424 g/mol. The third-order valence-electron chi connectivity index (χ3n) is 6.91. The van der Waals surface area contributed by atoms with Gasteiger partial charge in [-0.05, 0) is 44.1 Å². The summed E-state index contributed by atoms with van der Waals surface area (Å²) in [4.78, 5) is 46.7. The van der Waals surface area contributed by atoms with E-state index >= 15 is 0 Å². The molecule has 10 nitrogen and oxygen atoms in total. The van der Waals surface area contributed by atoms with Gasteiger partial charge >= 0.3 is 0 Å². The quantitative estimate of drug-likeness (QED) is 0.576. The Bertz CT molecular complexity index is 1270. The molecule has 3 aromatic heterocycles. The highest BCUT2D eigenvalue weighted by Gasteiger charge is 2.38. The van der Waals surface area contributed by atoms with E-state index in [1.807, 2.05) is 6.07 Å². The molecule has 2 N–H and O–H groups in total. The molecule has 0 radical (unpaired) electrons. The van der Waals surface area contributed by atoms with Crippen molar-refractivity contribution in [3.05, 3.63) is 46.5 Å². The van der Waals surface area contributed by atoms with Gasteiger partial charge < -0.3 is 19.9 Å². The van der Waals surface area contributed by atoms with E-state index in [4.69, 9.17) is 10.5 Å². The van der Waals surface area contributed by atoms with Crippen LogP contribution in [0.1, 0.15) is 23.3 Å².